The van der Waals surface area contributed by atoms with Crippen molar-refractivity contribution >= 4 is 29.1 Å². The SMILES string of the molecule is CCN(CC(=O)Nc1ccc(NC(C)=O)cc1)C(=O)C[NH+](C)Cc1ccc(C)cc1. The van der Waals surface area contributed by atoms with Crippen molar-refractivity contribution < 1.29 is 19.3 Å². The molecule has 2 aromatic rings. The number of likely N-dealkylation sites (N-methyl/N-ethyl adjacent to an activating group) is 2. The number of benzene rings is 2. The van der Waals surface area contributed by atoms with Crippen LogP contribution in [0.5, 0.6) is 0 Å². The molecule has 0 saturated heterocycles. The van der Waals surface area contributed by atoms with Crippen LogP contribution in [0.4, 0.5) is 11.4 Å². The molecule has 0 aliphatic rings. The molecule has 0 aliphatic heterocycles. The normalized spacial score (nSPS) is 11.5. The highest BCUT2D eigenvalue weighted by molar-refractivity contribution is 5.95. The van der Waals surface area contributed by atoms with Crippen LogP contribution in [0.25, 0.3) is 0 Å². The second-order valence-electron chi connectivity index (χ2n) is 7.51. The summed E-state index contributed by atoms with van der Waals surface area (Å²) in [5.74, 6) is -0.467. The third kappa shape index (κ3) is 7.67. The van der Waals surface area contributed by atoms with Crippen LogP contribution in [0.15, 0.2) is 48.5 Å². The molecule has 2 aromatic carbocycles. The predicted octanol–water partition coefficient (Wildman–Crippen LogP) is 1.46. The van der Waals surface area contributed by atoms with E-state index in [4.69, 9.17) is 0 Å². The lowest BCUT2D eigenvalue weighted by atomic mass is 10.1. The number of hydrogen-bond donors (Lipinski definition) is 3. The minimum Gasteiger partial charge on any atom is -0.329 e. The van der Waals surface area contributed by atoms with Gasteiger partial charge in [0.25, 0.3) is 5.91 Å². The first kappa shape index (κ1) is 23.1. The van der Waals surface area contributed by atoms with E-state index in [-0.39, 0.29) is 24.3 Å². The van der Waals surface area contributed by atoms with Gasteiger partial charge in [0.1, 0.15) is 13.1 Å². The lowest BCUT2D eigenvalue weighted by Crippen LogP contribution is -3.08. The third-order valence-corrected chi connectivity index (χ3v) is 4.64. The maximum absolute atomic E-state index is 12.6. The molecule has 0 fully saturated rings. The fourth-order valence-corrected chi connectivity index (χ4v) is 3.08. The molecule has 3 amide bonds. The van der Waals surface area contributed by atoms with E-state index in [0.717, 1.165) is 11.4 Å². The van der Waals surface area contributed by atoms with E-state index < -0.39 is 0 Å². The maximum atomic E-state index is 12.6. The molecule has 30 heavy (non-hydrogen) atoms. The van der Waals surface area contributed by atoms with E-state index >= 15 is 0 Å². The molecule has 3 N–H and O–H groups in total. The summed E-state index contributed by atoms with van der Waals surface area (Å²) in [5.41, 5.74) is 3.65. The van der Waals surface area contributed by atoms with Gasteiger partial charge in [0, 0.05) is 30.4 Å². The fraction of sp³-hybridized carbons (Fsp3) is 0.348. The van der Waals surface area contributed by atoms with Gasteiger partial charge in [0.05, 0.1) is 7.05 Å². The van der Waals surface area contributed by atoms with Gasteiger partial charge in [-0.3, -0.25) is 14.4 Å². The molecular weight excluding hydrogens is 380 g/mol. The highest BCUT2D eigenvalue weighted by atomic mass is 16.2. The number of hydrogen-bond acceptors (Lipinski definition) is 3. The lowest BCUT2D eigenvalue weighted by molar-refractivity contribution is -0.885. The summed E-state index contributed by atoms with van der Waals surface area (Å²) in [7, 11) is 1.97. The summed E-state index contributed by atoms with van der Waals surface area (Å²) in [6.45, 7) is 6.88. The van der Waals surface area contributed by atoms with E-state index in [1.165, 1.54) is 18.1 Å². The number of carbonyl (C=O) groups is 3. The van der Waals surface area contributed by atoms with Gasteiger partial charge < -0.3 is 20.4 Å². The number of anilines is 2. The van der Waals surface area contributed by atoms with Crippen molar-refractivity contribution in [1.82, 2.24) is 4.90 Å². The van der Waals surface area contributed by atoms with Gasteiger partial charge in [-0.2, -0.15) is 0 Å². The Morgan fingerprint density at radius 3 is 2.03 bits per heavy atom. The molecule has 1 unspecified atom stereocenters. The minimum atomic E-state index is -0.256. The second-order valence-corrected chi connectivity index (χ2v) is 7.51. The van der Waals surface area contributed by atoms with Gasteiger partial charge >= 0.3 is 0 Å². The zero-order chi connectivity index (χ0) is 22.1. The van der Waals surface area contributed by atoms with E-state index in [9.17, 15) is 14.4 Å². The van der Waals surface area contributed by atoms with Crippen LogP contribution in [0.3, 0.4) is 0 Å². The minimum absolute atomic E-state index is 0.000588. The van der Waals surface area contributed by atoms with E-state index in [0.29, 0.717) is 24.5 Å². The Labute approximate surface area is 178 Å². The molecule has 0 aromatic heterocycles. The quantitative estimate of drug-likeness (QED) is 0.584. The van der Waals surface area contributed by atoms with Crippen molar-refractivity contribution in [2.75, 3.05) is 37.3 Å². The summed E-state index contributed by atoms with van der Waals surface area (Å²) >= 11 is 0. The van der Waals surface area contributed by atoms with Crippen LogP contribution in [0.2, 0.25) is 0 Å². The first-order valence-electron chi connectivity index (χ1n) is 10.1. The van der Waals surface area contributed by atoms with Crippen LogP contribution in [0.1, 0.15) is 25.0 Å². The summed E-state index contributed by atoms with van der Waals surface area (Å²) in [5, 5.41) is 5.46. The van der Waals surface area contributed by atoms with Gasteiger partial charge in [-0.1, -0.05) is 29.8 Å². The van der Waals surface area contributed by atoms with Crippen molar-refractivity contribution in [3.8, 4) is 0 Å². The van der Waals surface area contributed by atoms with Gasteiger partial charge in [-0.25, -0.2) is 0 Å². The van der Waals surface area contributed by atoms with Crippen molar-refractivity contribution in [3.63, 3.8) is 0 Å². The molecule has 0 saturated carbocycles. The van der Waals surface area contributed by atoms with Crippen LogP contribution >= 0.6 is 0 Å². The molecule has 0 bridgehead atoms. The third-order valence-electron chi connectivity index (χ3n) is 4.64. The average Bonchev–Trinajstić information content (AvgIpc) is 2.69. The van der Waals surface area contributed by atoms with Gasteiger partial charge in [-0.15, -0.1) is 0 Å². The highest BCUT2D eigenvalue weighted by Crippen LogP contribution is 2.13. The van der Waals surface area contributed by atoms with E-state index in [1.54, 1.807) is 29.2 Å². The standard InChI is InChI=1S/C23H30N4O3/c1-5-27(23(30)16-26(4)14-19-8-6-17(2)7-9-19)15-22(29)25-21-12-10-20(11-13-21)24-18(3)28/h6-13H,5,14-16H2,1-4H3,(H,24,28)(H,25,29)/p+1. The number of nitrogens with one attached hydrogen (secondary N) is 3. The molecule has 160 valence electrons. The number of quaternary nitrogens is 1. The maximum Gasteiger partial charge on any atom is 0.278 e. The Morgan fingerprint density at radius 1 is 0.933 bits per heavy atom. The zero-order valence-electron chi connectivity index (χ0n) is 18.1. The summed E-state index contributed by atoms with van der Waals surface area (Å²) in [6, 6.07) is 15.1. The Hall–Kier alpha value is -3.19. The monoisotopic (exact) mass is 411 g/mol. The summed E-state index contributed by atoms with van der Waals surface area (Å²) in [6.07, 6.45) is 0. The molecule has 0 spiro atoms. The van der Waals surface area contributed by atoms with Crippen LogP contribution in [-0.4, -0.2) is 49.3 Å². The Kier molecular flexibility index (Phi) is 8.55. The predicted molar refractivity (Wildman–Crippen MR) is 118 cm³/mol. The van der Waals surface area contributed by atoms with Gasteiger partial charge in [0.2, 0.25) is 11.8 Å². The number of amides is 3. The lowest BCUT2D eigenvalue weighted by Gasteiger charge is -2.22. The van der Waals surface area contributed by atoms with Gasteiger partial charge in [-0.05, 0) is 38.1 Å². The molecule has 7 heteroatoms. The Bertz CT molecular complexity index is 863. The first-order valence-corrected chi connectivity index (χ1v) is 10.1. The van der Waals surface area contributed by atoms with Crippen molar-refractivity contribution in [2.45, 2.75) is 27.3 Å². The molecule has 0 radical (unpaired) electrons. The largest absolute Gasteiger partial charge is 0.329 e. The van der Waals surface area contributed by atoms with E-state index in [2.05, 4.69) is 34.9 Å². The molecule has 0 heterocycles. The molecule has 2 rings (SSSR count). The van der Waals surface area contributed by atoms with Gasteiger partial charge in [0.15, 0.2) is 6.54 Å². The number of aryl methyl sites for hydroxylation is 1. The van der Waals surface area contributed by atoms with Crippen LogP contribution in [0, 0.1) is 6.92 Å². The molecule has 0 aliphatic carbocycles. The molecule has 7 nitrogen and oxygen atoms in total. The first-order chi connectivity index (χ1) is 14.3. The molecule has 1 atom stereocenters. The van der Waals surface area contributed by atoms with Crippen molar-refractivity contribution in [1.29, 1.82) is 0 Å². The zero-order valence-corrected chi connectivity index (χ0v) is 18.1. The Morgan fingerprint density at radius 2 is 1.50 bits per heavy atom. The molecular formula is C23H31N4O3+. The average molecular weight is 412 g/mol. The van der Waals surface area contributed by atoms with Crippen LogP contribution < -0.4 is 15.5 Å². The van der Waals surface area contributed by atoms with Crippen molar-refractivity contribution in [3.05, 3.63) is 59.7 Å². The number of carbonyl (C=O) groups excluding carboxylic acids is 3. The van der Waals surface area contributed by atoms with E-state index in [1.807, 2.05) is 20.9 Å². The topological polar surface area (TPSA) is 83.0 Å². The smallest absolute Gasteiger partial charge is 0.278 e. The van der Waals surface area contributed by atoms with Crippen LogP contribution in [-0.2, 0) is 20.9 Å². The number of rotatable bonds is 9. The fourth-order valence-electron chi connectivity index (χ4n) is 3.08. The Balaban J connectivity index is 1.85. The highest BCUT2D eigenvalue weighted by Gasteiger charge is 2.19. The summed E-state index contributed by atoms with van der Waals surface area (Å²) in [4.78, 5) is 38.7. The second kappa shape index (κ2) is 11.1. The number of nitrogens with zero attached hydrogens (tertiary/aromatic N) is 1. The summed E-state index contributed by atoms with van der Waals surface area (Å²) < 4.78 is 0. The van der Waals surface area contributed by atoms with Crippen molar-refractivity contribution in [2.24, 2.45) is 0 Å².